The molecule has 1 unspecified atom stereocenters. The highest BCUT2D eigenvalue weighted by Gasteiger charge is 2.14. The van der Waals surface area contributed by atoms with Crippen molar-refractivity contribution in [2.75, 3.05) is 26.2 Å². The molecule has 1 fully saturated rings. The molecule has 1 atom stereocenters. The predicted octanol–water partition coefficient (Wildman–Crippen LogP) is -0.907. The second-order valence-corrected chi connectivity index (χ2v) is 2.87. The monoisotopic (exact) mass is 193 g/mol. The zero-order valence-corrected chi connectivity index (χ0v) is 7.82. The van der Waals surface area contributed by atoms with E-state index in [0.29, 0.717) is 5.92 Å². The second kappa shape index (κ2) is 6.22. The van der Waals surface area contributed by atoms with Gasteiger partial charge < -0.3 is 16.4 Å². The van der Waals surface area contributed by atoms with Gasteiger partial charge >= 0.3 is 0 Å². The highest BCUT2D eigenvalue weighted by molar-refractivity contribution is 5.85. The third-order valence-electron chi connectivity index (χ3n) is 1.94. The van der Waals surface area contributed by atoms with Crippen molar-refractivity contribution < 1.29 is 4.79 Å². The molecule has 1 saturated heterocycles. The number of nitrogens with two attached hydrogens (primary N) is 1. The molecule has 0 aromatic rings. The fourth-order valence-corrected chi connectivity index (χ4v) is 1.22. The average molecular weight is 194 g/mol. The van der Waals surface area contributed by atoms with Crippen LogP contribution in [0.5, 0.6) is 0 Å². The predicted molar refractivity (Wildman–Crippen MR) is 50.3 cm³/mol. The third-order valence-corrected chi connectivity index (χ3v) is 1.94. The molecule has 1 aliphatic rings. The number of rotatable bonds is 3. The molecular weight excluding hydrogens is 178 g/mol. The molecule has 1 heterocycles. The molecule has 0 spiro atoms. The van der Waals surface area contributed by atoms with E-state index in [0.717, 1.165) is 26.1 Å². The topological polar surface area (TPSA) is 67.2 Å². The van der Waals surface area contributed by atoms with Crippen LogP contribution in [0, 0.1) is 5.92 Å². The minimum absolute atomic E-state index is 0. The van der Waals surface area contributed by atoms with Gasteiger partial charge in [0, 0.05) is 6.54 Å². The number of hydrogen-bond acceptors (Lipinski definition) is 3. The van der Waals surface area contributed by atoms with E-state index in [1.807, 2.05) is 0 Å². The van der Waals surface area contributed by atoms with Crippen LogP contribution in [0.1, 0.15) is 6.42 Å². The minimum Gasteiger partial charge on any atom is -0.355 e. The van der Waals surface area contributed by atoms with Crippen molar-refractivity contribution in [1.82, 2.24) is 10.6 Å². The van der Waals surface area contributed by atoms with Gasteiger partial charge in [0.2, 0.25) is 5.91 Å². The van der Waals surface area contributed by atoms with Crippen LogP contribution < -0.4 is 16.4 Å². The summed E-state index contributed by atoms with van der Waals surface area (Å²) in [7, 11) is 0. The normalized spacial score (nSPS) is 21.6. The Bertz CT molecular complexity index is 137. The van der Waals surface area contributed by atoms with Gasteiger partial charge in [-0.25, -0.2) is 0 Å². The number of halogens is 1. The molecule has 0 bridgehead atoms. The average Bonchev–Trinajstić information content (AvgIpc) is 2.52. The maximum Gasteiger partial charge on any atom is 0.233 e. The highest BCUT2D eigenvalue weighted by atomic mass is 35.5. The Kier molecular flexibility index (Phi) is 6.06. The van der Waals surface area contributed by atoms with E-state index in [1.54, 1.807) is 0 Å². The smallest absolute Gasteiger partial charge is 0.233 e. The maximum absolute atomic E-state index is 10.7. The van der Waals surface area contributed by atoms with Crippen molar-refractivity contribution in [2.24, 2.45) is 11.7 Å². The van der Waals surface area contributed by atoms with Crippen LogP contribution in [0.15, 0.2) is 0 Å². The van der Waals surface area contributed by atoms with Crippen LogP contribution >= 0.6 is 12.4 Å². The minimum atomic E-state index is -0.0584. The van der Waals surface area contributed by atoms with E-state index in [1.165, 1.54) is 0 Å². The maximum atomic E-state index is 10.7. The van der Waals surface area contributed by atoms with Crippen LogP contribution in [-0.4, -0.2) is 32.1 Å². The molecular formula is C7H16ClN3O. The number of amides is 1. The van der Waals surface area contributed by atoms with Crippen LogP contribution in [0.3, 0.4) is 0 Å². The Morgan fingerprint density at radius 2 is 2.42 bits per heavy atom. The Morgan fingerprint density at radius 1 is 1.67 bits per heavy atom. The summed E-state index contributed by atoms with van der Waals surface area (Å²) in [5.41, 5.74) is 5.13. The molecule has 1 rings (SSSR count). The number of hydrogen-bond donors (Lipinski definition) is 3. The summed E-state index contributed by atoms with van der Waals surface area (Å²) in [5.74, 6) is 0.544. The van der Waals surface area contributed by atoms with Crippen molar-refractivity contribution >= 4 is 18.3 Å². The lowest BCUT2D eigenvalue weighted by molar-refractivity contribution is -0.119. The molecule has 1 aliphatic heterocycles. The molecule has 5 heteroatoms. The lowest BCUT2D eigenvalue weighted by atomic mass is 10.1. The molecule has 4 nitrogen and oxygen atoms in total. The van der Waals surface area contributed by atoms with Gasteiger partial charge in [0.1, 0.15) is 0 Å². The van der Waals surface area contributed by atoms with E-state index in [2.05, 4.69) is 10.6 Å². The van der Waals surface area contributed by atoms with Crippen molar-refractivity contribution in [1.29, 1.82) is 0 Å². The van der Waals surface area contributed by atoms with E-state index in [9.17, 15) is 4.79 Å². The first-order valence-electron chi connectivity index (χ1n) is 4.00. The van der Waals surface area contributed by atoms with Crippen molar-refractivity contribution in [3.05, 3.63) is 0 Å². The SMILES string of the molecule is Cl.NCC(=O)NCC1CCNC1. The lowest BCUT2D eigenvalue weighted by Gasteiger charge is -2.08. The highest BCUT2D eigenvalue weighted by Crippen LogP contribution is 2.04. The molecule has 12 heavy (non-hydrogen) atoms. The summed E-state index contributed by atoms with van der Waals surface area (Å²) in [6.07, 6.45) is 1.16. The third kappa shape index (κ3) is 3.90. The Balaban J connectivity index is 0.00000121. The van der Waals surface area contributed by atoms with Crippen molar-refractivity contribution in [2.45, 2.75) is 6.42 Å². The largest absolute Gasteiger partial charge is 0.355 e. The van der Waals surface area contributed by atoms with Crippen LogP contribution in [0.4, 0.5) is 0 Å². The Morgan fingerprint density at radius 3 is 2.92 bits per heavy atom. The first-order chi connectivity index (χ1) is 5.33. The number of carbonyl (C=O) groups is 1. The molecule has 1 amide bonds. The lowest BCUT2D eigenvalue weighted by Crippen LogP contribution is -2.34. The van der Waals surface area contributed by atoms with Gasteiger partial charge in [0.25, 0.3) is 0 Å². The molecule has 72 valence electrons. The molecule has 4 N–H and O–H groups in total. The van der Waals surface area contributed by atoms with Gasteiger partial charge in [0.15, 0.2) is 0 Å². The number of carbonyl (C=O) groups excluding carboxylic acids is 1. The second-order valence-electron chi connectivity index (χ2n) is 2.87. The van der Waals surface area contributed by atoms with Gasteiger partial charge in [-0.1, -0.05) is 0 Å². The zero-order chi connectivity index (χ0) is 8.10. The van der Waals surface area contributed by atoms with E-state index < -0.39 is 0 Å². The molecule has 0 aliphatic carbocycles. The van der Waals surface area contributed by atoms with Gasteiger partial charge in [-0.2, -0.15) is 0 Å². The van der Waals surface area contributed by atoms with Crippen molar-refractivity contribution in [3.63, 3.8) is 0 Å². The first-order valence-corrected chi connectivity index (χ1v) is 4.00. The Hall–Kier alpha value is -0.320. The summed E-state index contributed by atoms with van der Waals surface area (Å²) in [4.78, 5) is 10.7. The van der Waals surface area contributed by atoms with Gasteiger partial charge in [-0.3, -0.25) is 4.79 Å². The zero-order valence-electron chi connectivity index (χ0n) is 7.01. The molecule has 0 aromatic heterocycles. The van der Waals surface area contributed by atoms with Crippen LogP contribution in [0.2, 0.25) is 0 Å². The first kappa shape index (κ1) is 11.7. The molecule has 0 aromatic carbocycles. The van der Waals surface area contributed by atoms with E-state index in [-0.39, 0.29) is 24.9 Å². The van der Waals surface area contributed by atoms with Crippen LogP contribution in [-0.2, 0) is 4.79 Å². The van der Waals surface area contributed by atoms with Gasteiger partial charge in [-0.05, 0) is 25.4 Å². The van der Waals surface area contributed by atoms with Gasteiger partial charge in [0.05, 0.1) is 6.54 Å². The number of nitrogens with one attached hydrogen (secondary N) is 2. The van der Waals surface area contributed by atoms with Crippen LogP contribution in [0.25, 0.3) is 0 Å². The summed E-state index contributed by atoms with van der Waals surface area (Å²) >= 11 is 0. The van der Waals surface area contributed by atoms with E-state index in [4.69, 9.17) is 5.73 Å². The van der Waals surface area contributed by atoms with Crippen molar-refractivity contribution in [3.8, 4) is 0 Å². The fraction of sp³-hybridized carbons (Fsp3) is 0.857. The summed E-state index contributed by atoms with van der Waals surface area (Å²) in [5, 5.41) is 6.00. The summed E-state index contributed by atoms with van der Waals surface area (Å²) in [6.45, 7) is 2.96. The standard InChI is InChI=1S/C7H15N3O.ClH/c8-3-7(11)10-5-6-1-2-9-4-6;/h6,9H,1-5,8H2,(H,10,11);1H. The Labute approximate surface area is 78.7 Å². The van der Waals surface area contributed by atoms with Gasteiger partial charge in [-0.15, -0.1) is 12.4 Å². The fourth-order valence-electron chi connectivity index (χ4n) is 1.22. The summed E-state index contributed by atoms with van der Waals surface area (Å²) < 4.78 is 0. The molecule has 0 radical (unpaired) electrons. The molecule has 0 saturated carbocycles. The summed E-state index contributed by atoms with van der Waals surface area (Å²) in [6, 6.07) is 0. The van der Waals surface area contributed by atoms with E-state index >= 15 is 0 Å². The quantitative estimate of drug-likeness (QED) is 0.544.